The first-order valence-electron chi connectivity index (χ1n) is 8.31. The van der Waals surface area contributed by atoms with Gasteiger partial charge in [-0.05, 0) is 30.5 Å². The van der Waals surface area contributed by atoms with Gasteiger partial charge in [0.25, 0.3) is 0 Å². The monoisotopic (exact) mass is 358 g/mol. The third-order valence-corrected chi connectivity index (χ3v) is 4.57. The molecule has 1 N–H and O–H groups in total. The summed E-state index contributed by atoms with van der Waals surface area (Å²) >= 11 is 6.17. The lowest BCUT2D eigenvalue weighted by Crippen LogP contribution is -2.48. The molecule has 0 spiro atoms. The maximum atomic E-state index is 12.8. The Labute approximate surface area is 153 Å². The lowest BCUT2D eigenvalue weighted by atomic mass is 10.1. The molecule has 0 aliphatic carbocycles. The van der Waals surface area contributed by atoms with E-state index in [0.29, 0.717) is 18.0 Å². The molecule has 2 amide bonds. The number of likely N-dealkylation sites (N-methyl/N-ethyl adjacent to an activating group) is 1. The molecule has 0 fully saturated rings. The molecule has 25 heavy (non-hydrogen) atoms. The molecule has 1 atom stereocenters. The fourth-order valence-corrected chi connectivity index (χ4v) is 2.89. The smallest absolute Gasteiger partial charge is 0.242 e. The molecule has 5 heteroatoms. The molecule has 0 saturated heterocycles. The molecule has 2 rings (SSSR count). The van der Waals surface area contributed by atoms with E-state index in [1.807, 2.05) is 48.5 Å². The molecular formula is C20H23ClN2O2. The van der Waals surface area contributed by atoms with Crippen molar-refractivity contribution in [3.05, 3.63) is 70.7 Å². The van der Waals surface area contributed by atoms with Crippen LogP contribution in [-0.2, 0) is 22.4 Å². The molecule has 2 aromatic carbocycles. The first kappa shape index (κ1) is 19.0. The van der Waals surface area contributed by atoms with Gasteiger partial charge in [0.05, 0.1) is 6.42 Å². The minimum atomic E-state index is -0.538. The van der Waals surface area contributed by atoms with Crippen LogP contribution in [-0.4, -0.2) is 36.3 Å². The SMILES string of the molecule is CNC(=O)[C@@H](C)N(CCc1ccccc1)C(=O)Cc1ccccc1Cl. The van der Waals surface area contributed by atoms with Crippen molar-refractivity contribution in [2.75, 3.05) is 13.6 Å². The summed E-state index contributed by atoms with van der Waals surface area (Å²) in [5.74, 6) is -0.291. The van der Waals surface area contributed by atoms with Crippen LogP contribution in [0.3, 0.4) is 0 Å². The molecule has 0 unspecified atom stereocenters. The molecule has 4 nitrogen and oxygen atoms in total. The maximum Gasteiger partial charge on any atom is 0.242 e. The highest BCUT2D eigenvalue weighted by atomic mass is 35.5. The zero-order valence-electron chi connectivity index (χ0n) is 14.5. The zero-order valence-corrected chi connectivity index (χ0v) is 15.3. The Morgan fingerprint density at radius 3 is 2.36 bits per heavy atom. The van der Waals surface area contributed by atoms with E-state index in [4.69, 9.17) is 11.6 Å². The van der Waals surface area contributed by atoms with Gasteiger partial charge in [-0.2, -0.15) is 0 Å². The van der Waals surface area contributed by atoms with Gasteiger partial charge in [-0.15, -0.1) is 0 Å². The van der Waals surface area contributed by atoms with Crippen molar-refractivity contribution >= 4 is 23.4 Å². The number of carbonyl (C=O) groups excluding carboxylic acids is 2. The standard InChI is InChI=1S/C20H23ClN2O2/c1-15(20(25)22-2)23(13-12-16-8-4-3-5-9-16)19(24)14-17-10-6-7-11-18(17)21/h3-11,15H,12-14H2,1-2H3,(H,22,25)/t15-/m1/s1. The maximum absolute atomic E-state index is 12.8. The Morgan fingerprint density at radius 2 is 1.72 bits per heavy atom. The van der Waals surface area contributed by atoms with Gasteiger partial charge in [-0.1, -0.05) is 60.1 Å². The van der Waals surface area contributed by atoms with Gasteiger partial charge in [0.2, 0.25) is 11.8 Å². The van der Waals surface area contributed by atoms with E-state index in [1.54, 1.807) is 24.9 Å². The molecule has 132 valence electrons. The van der Waals surface area contributed by atoms with Crippen LogP contribution in [0.5, 0.6) is 0 Å². The first-order chi connectivity index (χ1) is 12.0. The molecule has 0 radical (unpaired) electrons. The Bertz CT molecular complexity index is 719. The summed E-state index contributed by atoms with van der Waals surface area (Å²) in [6.45, 7) is 2.22. The van der Waals surface area contributed by atoms with E-state index >= 15 is 0 Å². The van der Waals surface area contributed by atoms with Gasteiger partial charge in [-0.3, -0.25) is 9.59 Å². The van der Waals surface area contributed by atoms with Crippen LogP contribution in [0.15, 0.2) is 54.6 Å². The van der Waals surface area contributed by atoms with E-state index in [1.165, 1.54) is 0 Å². The number of nitrogens with zero attached hydrogens (tertiary/aromatic N) is 1. The van der Waals surface area contributed by atoms with Crippen molar-refractivity contribution in [2.45, 2.75) is 25.8 Å². The second-order valence-electron chi connectivity index (χ2n) is 5.88. The van der Waals surface area contributed by atoms with Gasteiger partial charge in [0.1, 0.15) is 6.04 Å². The van der Waals surface area contributed by atoms with E-state index in [9.17, 15) is 9.59 Å². The van der Waals surface area contributed by atoms with Gasteiger partial charge in [-0.25, -0.2) is 0 Å². The Balaban J connectivity index is 2.13. The molecule has 0 aliphatic heterocycles. The van der Waals surface area contributed by atoms with E-state index in [2.05, 4.69) is 5.32 Å². The van der Waals surface area contributed by atoms with E-state index in [-0.39, 0.29) is 18.2 Å². The van der Waals surface area contributed by atoms with Crippen LogP contribution in [0.25, 0.3) is 0 Å². The number of amides is 2. The topological polar surface area (TPSA) is 49.4 Å². The summed E-state index contributed by atoms with van der Waals surface area (Å²) < 4.78 is 0. The van der Waals surface area contributed by atoms with Gasteiger partial charge < -0.3 is 10.2 Å². The number of benzene rings is 2. The predicted molar refractivity (Wildman–Crippen MR) is 101 cm³/mol. The number of halogens is 1. The van der Waals surface area contributed by atoms with Crippen molar-refractivity contribution in [3.8, 4) is 0 Å². The molecule has 2 aromatic rings. The molecule has 0 heterocycles. The van der Waals surface area contributed by atoms with Crippen molar-refractivity contribution in [2.24, 2.45) is 0 Å². The normalized spacial score (nSPS) is 11.6. The van der Waals surface area contributed by atoms with Crippen molar-refractivity contribution < 1.29 is 9.59 Å². The predicted octanol–water partition coefficient (Wildman–Crippen LogP) is 3.09. The second kappa shape index (κ2) is 9.23. The molecule has 0 aliphatic rings. The van der Waals surface area contributed by atoms with Crippen molar-refractivity contribution in [3.63, 3.8) is 0 Å². The van der Waals surface area contributed by atoms with E-state index < -0.39 is 6.04 Å². The van der Waals surface area contributed by atoms with Crippen LogP contribution >= 0.6 is 11.6 Å². The van der Waals surface area contributed by atoms with Crippen LogP contribution in [0.4, 0.5) is 0 Å². The molecule has 0 aromatic heterocycles. The zero-order chi connectivity index (χ0) is 18.2. The molecular weight excluding hydrogens is 336 g/mol. The van der Waals surface area contributed by atoms with Crippen LogP contribution < -0.4 is 5.32 Å². The summed E-state index contributed by atoms with van der Waals surface area (Å²) in [7, 11) is 1.58. The molecule has 0 saturated carbocycles. The van der Waals surface area contributed by atoms with Gasteiger partial charge in [0, 0.05) is 18.6 Å². The Morgan fingerprint density at radius 1 is 1.08 bits per heavy atom. The quantitative estimate of drug-likeness (QED) is 0.826. The van der Waals surface area contributed by atoms with Crippen LogP contribution in [0, 0.1) is 0 Å². The fourth-order valence-electron chi connectivity index (χ4n) is 2.69. The Kier molecular flexibility index (Phi) is 7.02. The minimum absolute atomic E-state index is 0.111. The minimum Gasteiger partial charge on any atom is -0.357 e. The number of rotatable bonds is 7. The van der Waals surface area contributed by atoms with E-state index in [0.717, 1.165) is 11.1 Å². The number of carbonyl (C=O) groups is 2. The second-order valence-corrected chi connectivity index (χ2v) is 6.29. The lowest BCUT2D eigenvalue weighted by molar-refractivity contribution is -0.139. The number of hydrogen-bond donors (Lipinski definition) is 1. The highest BCUT2D eigenvalue weighted by Crippen LogP contribution is 2.17. The first-order valence-corrected chi connectivity index (χ1v) is 8.69. The Hall–Kier alpha value is -2.33. The number of nitrogens with one attached hydrogen (secondary N) is 1. The third kappa shape index (κ3) is 5.33. The summed E-state index contributed by atoms with van der Waals surface area (Å²) in [5, 5.41) is 3.18. The average molecular weight is 359 g/mol. The van der Waals surface area contributed by atoms with Gasteiger partial charge >= 0.3 is 0 Å². The summed E-state index contributed by atoms with van der Waals surface area (Å²) in [4.78, 5) is 26.5. The lowest BCUT2D eigenvalue weighted by Gasteiger charge is -2.28. The summed E-state index contributed by atoms with van der Waals surface area (Å²) in [6.07, 6.45) is 0.867. The largest absolute Gasteiger partial charge is 0.357 e. The molecule has 0 bridgehead atoms. The van der Waals surface area contributed by atoms with Crippen molar-refractivity contribution in [1.29, 1.82) is 0 Å². The number of hydrogen-bond acceptors (Lipinski definition) is 2. The fraction of sp³-hybridized carbons (Fsp3) is 0.300. The van der Waals surface area contributed by atoms with Crippen molar-refractivity contribution in [1.82, 2.24) is 10.2 Å². The highest BCUT2D eigenvalue weighted by molar-refractivity contribution is 6.31. The highest BCUT2D eigenvalue weighted by Gasteiger charge is 2.25. The van der Waals surface area contributed by atoms with Gasteiger partial charge in [0.15, 0.2) is 0 Å². The average Bonchev–Trinajstić information content (AvgIpc) is 2.63. The third-order valence-electron chi connectivity index (χ3n) is 4.20. The summed E-state index contributed by atoms with van der Waals surface area (Å²) in [6, 6.07) is 16.7. The van der Waals surface area contributed by atoms with Crippen LogP contribution in [0.2, 0.25) is 5.02 Å². The van der Waals surface area contributed by atoms with Crippen LogP contribution in [0.1, 0.15) is 18.1 Å². The summed E-state index contributed by atoms with van der Waals surface area (Å²) in [5.41, 5.74) is 1.89.